The van der Waals surface area contributed by atoms with Crippen molar-refractivity contribution in [3.8, 4) is 5.88 Å². The minimum absolute atomic E-state index is 0.0708. The first-order chi connectivity index (χ1) is 45.1. The number of nitrogens with two attached hydrogens (primary N) is 1. The van der Waals surface area contributed by atoms with E-state index in [1.54, 1.807) is 0 Å². The van der Waals surface area contributed by atoms with Crippen LogP contribution >= 0.6 is 0 Å². The Kier molecular flexibility index (Phi) is 23.4. The fourth-order valence-electron chi connectivity index (χ4n) is 12.5. The smallest absolute Gasteiger partial charge is 0.294 e. The van der Waals surface area contributed by atoms with E-state index in [1.165, 1.54) is 50.0 Å². The monoisotopic (exact) mass is 1350 g/mol. The quantitative estimate of drug-likeness (QED) is 0.0138. The third-order valence-corrected chi connectivity index (χ3v) is 22.8. The Morgan fingerprint density at radius 3 is 1.96 bits per heavy atom. The highest BCUT2D eigenvalue weighted by atomic mass is 32.2. The molecule has 94 heavy (non-hydrogen) atoms. The van der Waals surface area contributed by atoms with Gasteiger partial charge in [-0.05, 0) is 129 Å². The molecular formula is C68H85N8O15S2Si+. The fraction of sp³-hybridized carbons (Fsp3) is 0.441. The zero-order chi connectivity index (χ0) is 66.6. The molecule has 10 rings (SSSR count). The number of aromatic nitrogens is 4. The van der Waals surface area contributed by atoms with Crippen LogP contribution in [0.4, 0.5) is 11.6 Å². The molecule has 3 aliphatic rings. The van der Waals surface area contributed by atoms with Crippen LogP contribution in [-0.2, 0) is 79.4 Å². The number of nitrogens with zero attached hydrogens (tertiary/aromatic N) is 6. The van der Waals surface area contributed by atoms with E-state index in [9.17, 15) is 35.5 Å². The summed E-state index contributed by atoms with van der Waals surface area (Å²) in [7, 11) is -9.63. The number of nitrogen functional groups attached to an aromatic ring is 1. The summed E-state index contributed by atoms with van der Waals surface area (Å²) < 4.78 is 110. The first-order valence-corrected chi connectivity index (χ1v) is 37.8. The van der Waals surface area contributed by atoms with E-state index in [0.29, 0.717) is 167 Å². The van der Waals surface area contributed by atoms with Crippen molar-refractivity contribution in [3.63, 3.8) is 0 Å². The summed E-state index contributed by atoms with van der Waals surface area (Å²) in [5.41, 5.74) is 17.8. The number of nitrogens with one attached hydrogen (secondary N) is 1. The Balaban J connectivity index is 0.594. The lowest BCUT2D eigenvalue weighted by molar-refractivity contribution is -0.120. The van der Waals surface area contributed by atoms with Crippen molar-refractivity contribution in [2.45, 2.75) is 88.4 Å². The van der Waals surface area contributed by atoms with Crippen LogP contribution < -0.4 is 40.9 Å². The number of carbonyl (C=O) groups excluding carboxylic acids is 2. The zero-order valence-corrected chi connectivity index (χ0v) is 56.7. The highest BCUT2D eigenvalue weighted by Gasteiger charge is 2.38. The molecule has 5 heterocycles. The van der Waals surface area contributed by atoms with Crippen LogP contribution in [0.25, 0.3) is 16.7 Å². The largest absolute Gasteiger partial charge is 0.471 e. The first-order valence-electron chi connectivity index (χ1n) is 31.9. The van der Waals surface area contributed by atoms with E-state index >= 15 is 0 Å². The number of aromatic amines is 1. The summed E-state index contributed by atoms with van der Waals surface area (Å²) in [5, 5.41) is 5.25. The maximum Gasteiger partial charge on any atom is 0.294 e. The van der Waals surface area contributed by atoms with E-state index in [2.05, 4.69) is 98.6 Å². The van der Waals surface area contributed by atoms with E-state index in [0.717, 1.165) is 58.6 Å². The van der Waals surface area contributed by atoms with E-state index in [-0.39, 0.29) is 29.6 Å². The normalized spacial score (nSPS) is 14.8. The molecule has 0 aliphatic carbocycles. The fourth-order valence-corrected chi connectivity index (χ4v) is 16.9. The average molecular weight is 1350 g/mol. The van der Waals surface area contributed by atoms with Gasteiger partial charge in [0.15, 0.2) is 11.4 Å². The molecule has 5 aromatic carbocycles. The number of carbonyl (C=O) groups is 2. The van der Waals surface area contributed by atoms with Crippen molar-refractivity contribution < 1.29 is 68.7 Å². The van der Waals surface area contributed by atoms with Crippen molar-refractivity contribution in [2.75, 3.05) is 130 Å². The molecule has 0 saturated carbocycles. The summed E-state index contributed by atoms with van der Waals surface area (Å²) in [5.74, 6) is 0.640. The van der Waals surface area contributed by atoms with Gasteiger partial charge in [0.25, 0.3) is 20.2 Å². The van der Waals surface area contributed by atoms with E-state index < -0.39 is 38.1 Å². The Bertz CT molecular complexity index is 4210. The Hall–Kier alpha value is -7.18. The van der Waals surface area contributed by atoms with Crippen LogP contribution in [0.2, 0.25) is 13.1 Å². The van der Waals surface area contributed by atoms with Crippen LogP contribution in [-0.4, -0.2) is 189 Å². The molecule has 0 radical (unpaired) electrons. The number of likely N-dealkylation sites (N-methyl/N-ethyl adjacent to an activating group) is 1. The second-order valence-corrected chi connectivity index (χ2v) is 31.6. The summed E-state index contributed by atoms with van der Waals surface area (Å²) in [4.78, 5) is 44.8. The Morgan fingerprint density at radius 1 is 0.691 bits per heavy atom. The number of ketones is 2. The lowest BCUT2D eigenvalue weighted by atomic mass is 9.86. The molecule has 7 aromatic rings. The lowest BCUT2D eigenvalue weighted by Crippen LogP contribution is -2.64. The number of rotatable bonds is 35. The number of hydrogen-bond donors (Lipinski definition) is 4. The second kappa shape index (κ2) is 31.6. The number of H-pyrrole nitrogens is 1. The molecular weight excluding hydrogens is 1260 g/mol. The number of aryl methyl sites for hydroxylation is 3. The van der Waals surface area contributed by atoms with Crippen LogP contribution in [0.3, 0.4) is 0 Å². The van der Waals surface area contributed by atoms with Gasteiger partial charge in [0.1, 0.15) is 39.6 Å². The molecule has 3 aliphatic heterocycles. The van der Waals surface area contributed by atoms with Gasteiger partial charge in [0, 0.05) is 87.9 Å². The van der Waals surface area contributed by atoms with Gasteiger partial charge in [-0.1, -0.05) is 49.5 Å². The van der Waals surface area contributed by atoms with Crippen molar-refractivity contribution in [3.05, 3.63) is 152 Å². The molecule has 2 aromatic heterocycles. The summed E-state index contributed by atoms with van der Waals surface area (Å²) in [6.45, 7) is 17.9. The Labute approximate surface area is 549 Å². The molecule has 26 heteroatoms. The number of piperazine rings is 1. The highest BCUT2D eigenvalue weighted by Crippen LogP contribution is 2.33. The molecule has 5 N–H and O–H groups in total. The van der Waals surface area contributed by atoms with Gasteiger partial charge in [0.2, 0.25) is 17.2 Å². The maximum absolute atomic E-state index is 13.8. The van der Waals surface area contributed by atoms with Gasteiger partial charge in [-0.3, -0.25) is 23.6 Å². The molecule has 0 amide bonds. The summed E-state index contributed by atoms with van der Waals surface area (Å²) >= 11 is 0. The number of hydrogen-bond acceptors (Lipinski definition) is 19. The van der Waals surface area contributed by atoms with E-state index in [1.807, 2.05) is 36.4 Å². The van der Waals surface area contributed by atoms with Crippen LogP contribution in [0.15, 0.2) is 101 Å². The minimum atomic E-state index is -4.78. The summed E-state index contributed by atoms with van der Waals surface area (Å²) in [6.07, 6.45) is 4.85. The second-order valence-electron chi connectivity index (χ2n) is 24.5. The molecule has 0 unspecified atom stereocenters. The number of anilines is 2. The summed E-state index contributed by atoms with van der Waals surface area (Å²) in [6, 6.07) is 26.9. The predicted octanol–water partition coefficient (Wildman–Crippen LogP) is 4.66. The van der Waals surface area contributed by atoms with E-state index in [4.69, 9.17) is 38.9 Å². The maximum atomic E-state index is 13.8. The number of imidazole rings is 1. The number of ether oxygens (including phenoxy) is 7. The third kappa shape index (κ3) is 17.6. The van der Waals surface area contributed by atoms with Crippen LogP contribution in [0, 0.1) is 13.8 Å². The zero-order valence-electron chi connectivity index (χ0n) is 54.1. The topological polar surface area (TPSA) is 297 Å². The van der Waals surface area contributed by atoms with Gasteiger partial charge in [0.05, 0.1) is 88.8 Å². The van der Waals surface area contributed by atoms with Crippen LogP contribution in [0.1, 0.15) is 80.5 Å². The number of fused-ring (bicyclic) bond motifs is 4. The number of benzene rings is 5. The van der Waals surface area contributed by atoms with Crippen molar-refractivity contribution in [1.82, 2.24) is 29.4 Å². The first kappa shape index (κ1) is 69.6. The van der Waals surface area contributed by atoms with Crippen molar-refractivity contribution >= 4 is 78.6 Å². The van der Waals surface area contributed by atoms with Crippen molar-refractivity contribution in [2.24, 2.45) is 0 Å². The Morgan fingerprint density at radius 2 is 1.32 bits per heavy atom. The standard InChI is InChI=1S/C68H84N8O15S2Si/c1-46-37-52(59(78)7-6-25-85-27-29-87-31-33-89-35-36-90-34-32-88-30-28-86-26-19-54(77)15-12-48-8-10-49(11-9-48)44-91-67-65-66(71-45-70-65)72-68(69)73-67)38-47(2)63(46)64-56-17-14-53(40-61(56)94(4,5)62-42-58-50(39-57(62)64)18-20-74(58)3)76-23-21-75(22-24-76)43-51-13-16-55(92(79,80)81)41-60(51)93(82,83)84/h8-11,13-14,16-17,37-42,45,69H,6-7,12,15,18-36,43-44H2,1-5H3,(H3,78,79,80,81,82,83,84)/p+1. The van der Waals surface area contributed by atoms with Crippen molar-refractivity contribution in [1.29, 1.82) is 0 Å². The van der Waals surface area contributed by atoms with Gasteiger partial charge in [-0.2, -0.15) is 26.8 Å². The molecule has 502 valence electrons. The van der Waals surface area contributed by atoms with Gasteiger partial charge in [-0.15, -0.1) is 0 Å². The SMILES string of the molecule is Cc1cc(C(=O)CCCOCCOCCOCCOCCOCCOCCC(=O)CCc2ccc(COc3nc(N)nc4nc[nH]c34)cc2)cc(C)c1C1=c2cc3c(cc2[Si](C)(C)c2cc(N4CCN(Cc5ccc(S(=O)(=O)O)cc5S(=O)(=O)O)CC4)ccc21)=[N+](C)CC3. The minimum Gasteiger partial charge on any atom is -0.471 e. The molecule has 0 bridgehead atoms. The molecule has 23 nitrogen and oxygen atoms in total. The molecule has 1 fully saturated rings. The van der Waals surface area contributed by atoms with Crippen LogP contribution in [0.5, 0.6) is 5.88 Å². The molecule has 1 saturated heterocycles. The number of Topliss-reactive ketones (excluding diaryl/α,β-unsaturated/α-hetero) is 2. The predicted molar refractivity (Wildman–Crippen MR) is 359 cm³/mol. The van der Waals surface area contributed by atoms with Gasteiger partial charge >= 0.3 is 0 Å². The lowest BCUT2D eigenvalue weighted by Gasteiger charge is -2.38. The molecule has 0 spiro atoms. The third-order valence-electron chi connectivity index (χ3n) is 17.5. The molecule has 0 atom stereocenters. The highest BCUT2D eigenvalue weighted by molar-refractivity contribution is 7.86. The van der Waals surface area contributed by atoms with Gasteiger partial charge < -0.3 is 48.8 Å². The van der Waals surface area contributed by atoms with Gasteiger partial charge in [-0.25, -0.2) is 9.56 Å². The average Bonchev–Trinajstić information content (AvgIpc) is 0.911.